The zero-order valence-electron chi connectivity index (χ0n) is 13.5. The number of aromatic nitrogens is 1. The molecule has 3 rings (SSSR count). The standard InChI is InChI=1S/C17H15BrN2O4S/c1-22-12-7-13(23-2)16-14(8-12)25-17(20-16)19-15(21)9-24-11-5-3-10(18)4-6-11/h3-8H,9H2,1-2H3,(H,19,20,21). The number of anilines is 1. The topological polar surface area (TPSA) is 69.7 Å². The maximum absolute atomic E-state index is 12.1. The van der Waals surface area contributed by atoms with E-state index >= 15 is 0 Å². The second-order valence-electron chi connectivity index (χ2n) is 4.99. The fourth-order valence-corrected chi connectivity index (χ4v) is 3.33. The molecule has 8 heteroatoms. The van der Waals surface area contributed by atoms with Gasteiger partial charge < -0.3 is 14.2 Å². The fraction of sp³-hybridized carbons (Fsp3) is 0.176. The van der Waals surface area contributed by atoms with Gasteiger partial charge in [0, 0.05) is 10.5 Å². The van der Waals surface area contributed by atoms with Crippen molar-refractivity contribution < 1.29 is 19.0 Å². The van der Waals surface area contributed by atoms with Crippen LogP contribution in [0, 0.1) is 0 Å². The number of nitrogens with zero attached hydrogens (tertiary/aromatic N) is 1. The van der Waals surface area contributed by atoms with Gasteiger partial charge in [-0.05, 0) is 30.3 Å². The molecule has 0 radical (unpaired) electrons. The van der Waals surface area contributed by atoms with Crippen molar-refractivity contribution in [3.05, 3.63) is 40.9 Å². The predicted octanol–water partition coefficient (Wildman–Crippen LogP) is 4.09. The second kappa shape index (κ2) is 7.71. The molecule has 6 nitrogen and oxygen atoms in total. The van der Waals surface area contributed by atoms with E-state index in [4.69, 9.17) is 14.2 Å². The minimum atomic E-state index is -0.284. The lowest BCUT2D eigenvalue weighted by atomic mass is 10.3. The molecule has 0 spiro atoms. The number of carbonyl (C=O) groups excluding carboxylic acids is 1. The highest BCUT2D eigenvalue weighted by atomic mass is 79.9. The average molecular weight is 423 g/mol. The summed E-state index contributed by atoms with van der Waals surface area (Å²) >= 11 is 4.69. The van der Waals surface area contributed by atoms with Gasteiger partial charge in [0.05, 0.1) is 18.9 Å². The number of ether oxygens (including phenoxy) is 3. The van der Waals surface area contributed by atoms with Crippen LogP contribution in [0.25, 0.3) is 10.2 Å². The minimum absolute atomic E-state index is 0.0992. The van der Waals surface area contributed by atoms with E-state index in [9.17, 15) is 4.79 Å². The summed E-state index contributed by atoms with van der Waals surface area (Å²) < 4.78 is 17.8. The normalized spacial score (nSPS) is 10.5. The lowest BCUT2D eigenvalue weighted by Crippen LogP contribution is -2.19. The second-order valence-corrected chi connectivity index (χ2v) is 6.93. The van der Waals surface area contributed by atoms with E-state index in [0.29, 0.717) is 27.9 Å². The zero-order chi connectivity index (χ0) is 17.8. The smallest absolute Gasteiger partial charge is 0.264 e. The summed E-state index contributed by atoms with van der Waals surface area (Å²) in [6, 6.07) is 10.9. The number of fused-ring (bicyclic) bond motifs is 1. The molecule has 0 fully saturated rings. The molecule has 0 aliphatic rings. The molecule has 1 N–H and O–H groups in total. The molecule has 2 aromatic carbocycles. The first kappa shape index (κ1) is 17.5. The molecule has 130 valence electrons. The molecule has 3 aromatic rings. The SMILES string of the molecule is COc1cc(OC)c2nc(NC(=O)COc3ccc(Br)cc3)sc2c1. The van der Waals surface area contributed by atoms with E-state index < -0.39 is 0 Å². The molecular formula is C17H15BrN2O4S. The van der Waals surface area contributed by atoms with Crippen LogP contribution in [0.1, 0.15) is 0 Å². The minimum Gasteiger partial charge on any atom is -0.497 e. The van der Waals surface area contributed by atoms with Gasteiger partial charge in [0.2, 0.25) is 0 Å². The molecule has 0 atom stereocenters. The molecule has 25 heavy (non-hydrogen) atoms. The quantitative estimate of drug-likeness (QED) is 0.647. The third-order valence-electron chi connectivity index (χ3n) is 3.32. The number of hydrogen-bond acceptors (Lipinski definition) is 6. The number of methoxy groups -OCH3 is 2. The predicted molar refractivity (Wildman–Crippen MR) is 101 cm³/mol. The van der Waals surface area contributed by atoms with Crippen LogP contribution < -0.4 is 19.5 Å². The van der Waals surface area contributed by atoms with E-state index in [0.717, 1.165) is 9.17 Å². The lowest BCUT2D eigenvalue weighted by Gasteiger charge is -2.05. The van der Waals surface area contributed by atoms with Gasteiger partial charge in [-0.1, -0.05) is 27.3 Å². The van der Waals surface area contributed by atoms with Gasteiger partial charge in [-0.25, -0.2) is 4.98 Å². The van der Waals surface area contributed by atoms with Crippen LogP contribution in [0.3, 0.4) is 0 Å². The van der Waals surface area contributed by atoms with E-state index in [2.05, 4.69) is 26.2 Å². The maximum Gasteiger partial charge on any atom is 0.264 e. The number of amides is 1. The molecule has 0 unspecified atom stereocenters. The molecule has 0 aliphatic carbocycles. The Bertz CT molecular complexity index is 896. The van der Waals surface area contributed by atoms with E-state index in [-0.39, 0.29) is 12.5 Å². The lowest BCUT2D eigenvalue weighted by molar-refractivity contribution is -0.118. The molecule has 1 heterocycles. The van der Waals surface area contributed by atoms with E-state index in [1.165, 1.54) is 11.3 Å². The number of hydrogen-bond donors (Lipinski definition) is 1. The van der Waals surface area contributed by atoms with Gasteiger partial charge in [-0.2, -0.15) is 0 Å². The molecule has 0 aliphatic heterocycles. The number of halogens is 1. The molecule has 1 aromatic heterocycles. The fourth-order valence-electron chi connectivity index (χ4n) is 2.14. The Hall–Kier alpha value is -2.32. The van der Waals surface area contributed by atoms with Crippen LogP contribution in [0.15, 0.2) is 40.9 Å². The van der Waals surface area contributed by atoms with Crippen LogP contribution in [-0.4, -0.2) is 31.7 Å². The summed E-state index contributed by atoms with van der Waals surface area (Å²) in [6.07, 6.45) is 0. The average Bonchev–Trinajstić information content (AvgIpc) is 3.02. The van der Waals surface area contributed by atoms with E-state index in [1.807, 2.05) is 18.2 Å². The van der Waals surface area contributed by atoms with Gasteiger partial charge in [-0.15, -0.1) is 0 Å². The summed E-state index contributed by atoms with van der Waals surface area (Å²) in [7, 11) is 3.15. The third-order valence-corrected chi connectivity index (χ3v) is 4.77. The Morgan fingerprint density at radius 1 is 1.16 bits per heavy atom. The summed E-state index contributed by atoms with van der Waals surface area (Å²) in [6.45, 7) is -0.0992. The molecule has 0 bridgehead atoms. The Balaban J connectivity index is 1.69. The molecule has 0 saturated carbocycles. The summed E-state index contributed by atoms with van der Waals surface area (Å²) in [5.41, 5.74) is 0.678. The van der Waals surface area contributed by atoms with Gasteiger partial charge >= 0.3 is 0 Å². The Labute approximate surface area is 156 Å². The number of thiazole rings is 1. The van der Waals surface area contributed by atoms with Crippen LogP contribution in [0.4, 0.5) is 5.13 Å². The van der Waals surface area contributed by atoms with Crippen molar-refractivity contribution in [3.63, 3.8) is 0 Å². The molecular weight excluding hydrogens is 408 g/mol. The van der Waals surface area contributed by atoms with Gasteiger partial charge in [0.1, 0.15) is 22.8 Å². The van der Waals surface area contributed by atoms with E-state index in [1.54, 1.807) is 32.4 Å². The Morgan fingerprint density at radius 3 is 2.60 bits per heavy atom. The van der Waals surface area contributed by atoms with Crippen LogP contribution >= 0.6 is 27.3 Å². The van der Waals surface area contributed by atoms with Crippen LogP contribution in [0.2, 0.25) is 0 Å². The number of benzene rings is 2. The van der Waals surface area contributed by atoms with Crippen molar-refractivity contribution in [2.75, 3.05) is 26.1 Å². The highest BCUT2D eigenvalue weighted by molar-refractivity contribution is 9.10. The van der Waals surface area contributed by atoms with Crippen molar-refractivity contribution in [1.29, 1.82) is 0 Å². The summed E-state index contributed by atoms with van der Waals surface area (Å²) in [5, 5.41) is 3.22. The first-order valence-electron chi connectivity index (χ1n) is 7.30. The number of rotatable bonds is 6. The van der Waals surface area contributed by atoms with Gasteiger partial charge in [0.15, 0.2) is 11.7 Å². The van der Waals surface area contributed by atoms with Crippen molar-refractivity contribution >= 4 is 48.5 Å². The number of nitrogens with one attached hydrogen (secondary N) is 1. The third kappa shape index (κ3) is 4.21. The first-order chi connectivity index (χ1) is 12.1. The van der Waals surface area contributed by atoms with Crippen molar-refractivity contribution in [1.82, 2.24) is 4.98 Å². The van der Waals surface area contributed by atoms with Crippen molar-refractivity contribution in [3.8, 4) is 17.2 Å². The maximum atomic E-state index is 12.1. The monoisotopic (exact) mass is 422 g/mol. The van der Waals surface area contributed by atoms with Crippen LogP contribution in [0.5, 0.6) is 17.2 Å². The Morgan fingerprint density at radius 2 is 1.92 bits per heavy atom. The first-order valence-corrected chi connectivity index (χ1v) is 8.91. The van der Waals surface area contributed by atoms with Gasteiger partial charge in [0.25, 0.3) is 5.91 Å². The summed E-state index contributed by atoms with van der Waals surface area (Å²) in [5.74, 6) is 1.60. The van der Waals surface area contributed by atoms with Crippen molar-refractivity contribution in [2.45, 2.75) is 0 Å². The Kier molecular flexibility index (Phi) is 5.40. The summed E-state index contributed by atoms with van der Waals surface area (Å²) in [4.78, 5) is 16.5. The van der Waals surface area contributed by atoms with Crippen LogP contribution in [-0.2, 0) is 4.79 Å². The highest BCUT2D eigenvalue weighted by Crippen LogP contribution is 2.36. The largest absolute Gasteiger partial charge is 0.497 e. The van der Waals surface area contributed by atoms with Gasteiger partial charge in [-0.3, -0.25) is 10.1 Å². The molecule has 0 saturated heterocycles. The van der Waals surface area contributed by atoms with Crippen molar-refractivity contribution in [2.24, 2.45) is 0 Å². The highest BCUT2D eigenvalue weighted by Gasteiger charge is 2.13. The number of carbonyl (C=O) groups is 1. The molecule has 1 amide bonds. The zero-order valence-corrected chi connectivity index (χ0v) is 15.9.